The summed E-state index contributed by atoms with van der Waals surface area (Å²) in [6.45, 7) is 1.42. The van der Waals surface area contributed by atoms with E-state index in [4.69, 9.17) is 16.3 Å². The maximum Gasteiger partial charge on any atom is 0.141 e. The van der Waals surface area contributed by atoms with E-state index in [-0.39, 0.29) is 23.8 Å². The summed E-state index contributed by atoms with van der Waals surface area (Å²) in [7, 11) is 0. The van der Waals surface area contributed by atoms with Crippen LogP contribution < -0.4 is 5.32 Å². The Bertz CT molecular complexity index is 397. The standard InChI is InChI=1S/C13H17ClFNO2/c14-11-6-9(3-4-12(11)15)13(8-17)16-7-10-2-1-5-18-10/h3-4,6,10,13,16-17H,1-2,5,7-8H2. The fourth-order valence-electron chi connectivity index (χ4n) is 2.10. The van der Waals surface area contributed by atoms with Crippen molar-refractivity contribution in [2.75, 3.05) is 19.8 Å². The Kier molecular flexibility index (Phi) is 4.95. The van der Waals surface area contributed by atoms with E-state index in [1.807, 2.05) is 0 Å². The topological polar surface area (TPSA) is 41.5 Å². The predicted octanol–water partition coefficient (Wildman–Crippen LogP) is 2.28. The molecule has 1 saturated heterocycles. The van der Waals surface area contributed by atoms with E-state index in [0.717, 1.165) is 25.0 Å². The summed E-state index contributed by atoms with van der Waals surface area (Å²) >= 11 is 5.73. The molecule has 0 saturated carbocycles. The lowest BCUT2D eigenvalue weighted by atomic mass is 10.1. The minimum atomic E-state index is -0.448. The zero-order chi connectivity index (χ0) is 13.0. The van der Waals surface area contributed by atoms with Gasteiger partial charge in [0.25, 0.3) is 0 Å². The van der Waals surface area contributed by atoms with Gasteiger partial charge in [-0.25, -0.2) is 4.39 Å². The molecule has 5 heteroatoms. The lowest BCUT2D eigenvalue weighted by molar-refractivity contribution is 0.104. The summed E-state index contributed by atoms with van der Waals surface area (Å²) < 4.78 is 18.6. The Labute approximate surface area is 111 Å². The highest BCUT2D eigenvalue weighted by atomic mass is 35.5. The molecule has 1 aromatic carbocycles. The molecule has 0 amide bonds. The molecule has 0 bridgehead atoms. The second-order valence-electron chi connectivity index (χ2n) is 4.45. The number of ether oxygens (including phenoxy) is 1. The number of hydrogen-bond acceptors (Lipinski definition) is 3. The monoisotopic (exact) mass is 273 g/mol. The molecule has 0 aliphatic carbocycles. The van der Waals surface area contributed by atoms with Crippen molar-refractivity contribution in [2.24, 2.45) is 0 Å². The Morgan fingerprint density at radius 2 is 2.39 bits per heavy atom. The van der Waals surface area contributed by atoms with E-state index in [0.29, 0.717) is 6.54 Å². The molecule has 0 radical (unpaired) electrons. The summed E-state index contributed by atoms with van der Waals surface area (Å²) in [6.07, 6.45) is 2.32. The number of rotatable bonds is 5. The highest BCUT2D eigenvalue weighted by Gasteiger charge is 2.18. The van der Waals surface area contributed by atoms with Crippen LogP contribution >= 0.6 is 11.6 Å². The van der Waals surface area contributed by atoms with Gasteiger partial charge in [0.2, 0.25) is 0 Å². The van der Waals surface area contributed by atoms with Crippen molar-refractivity contribution in [3.63, 3.8) is 0 Å². The fraction of sp³-hybridized carbons (Fsp3) is 0.538. The van der Waals surface area contributed by atoms with Crippen LogP contribution in [0.4, 0.5) is 4.39 Å². The van der Waals surface area contributed by atoms with Gasteiger partial charge < -0.3 is 15.2 Å². The molecule has 2 unspecified atom stereocenters. The molecular weight excluding hydrogens is 257 g/mol. The van der Waals surface area contributed by atoms with Crippen LogP contribution in [0.2, 0.25) is 5.02 Å². The highest BCUT2D eigenvalue weighted by molar-refractivity contribution is 6.30. The van der Waals surface area contributed by atoms with Crippen LogP contribution in [0.15, 0.2) is 18.2 Å². The summed E-state index contributed by atoms with van der Waals surface area (Å²) in [5.41, 5.74) is 0.780. The van der Waals surface area contributed by atoms with E-state index in [1.165, 1.54) is 6.07 Å². The zero-order valence-electron chi connectivity index (χ0n) is 10.0. The number of hydrogen-bond donors (Lipinski definition) is 2. The van der Waals surface area contributed by atoms with E-state index in [1.54, 1.807) is 12.1 Å². The van der Waals surface area contributed by atoms with Gasteiger partial charge in [0.05, 0.1) is 23.8 Å². The van der Waals surface area contributed by atoms with Crippen LogP contribution in [0.25, 0.3) is 0 Å². The first kappa shape index (κ1) is 13.7. The first-order chi connectivity index (χ1) is 8.70. The van der Waals surface area contributed by atoms with Crippen LogP contribution in [-0.4, -0.2) is 31.0 Å². The Morgan fingerprint density at radius 3 is 3.00 bits per heavy atom. The van der Waals surface area contributed by atoms with Gasteiger partial charge in [0, 0.05) is 13.2 Å². The van der Waals surface area contributed by atoms with Crippen molar-refractivity contribution in [3.05, 3.63) is 34.6 Å². The van der Waals surface area contributed by atoms with Crippen LogP contribution in [0.3, 0.4) is 0 Å². The predicted molar refractivity (Wildman–Crippen MR) is 68.2 cm³/mol. The van der Waals surface area contributed by atoms with Crippen molar-refractivity contribution < 1.29 is 14.2 Å². The molecule has 1 heterocycles. The smallest absolute Gasteiger partial charge is 0.141 e. The van der Waals surface area contributed by atoms with Crippen LogP contribution in [0.5, 0.6) is 0 Å². The lowest BCUT2D eigenvalue weighted by Gasteiger charge is -2.19. The molecule has 1 aromatic rings. The first-order valence-electron chi connectivity index (χ1n) is 6.11. The Morgan fingerprint density at radius 1 is 1.56 bits per heavy atom. The normalized spacial score (nSPS) is 21.2. The molecule has 1 aliphatic heterocycles. The summed E-state index contributed by atoms with van der Waals surface area (Å²) in [5.74, 6) is -0.448. The van der Waals surface area contributed by atoms with E-state index >= 15 is 0 Å². The molecule has 18 heavy (non-hydrogen) atoms. The van der Waals surface area contributed by atoms with Crippen LogP contribution in [0.1, 0.15) is 24.4 Å². The number of aliphatic hydroxyl groups is 1. The molecule has 100 valence electrons. The average molecular weight is 274 g/mol. The third-order valence-electron chi connectivity index (χ3n) is 3.14. The van der Waals surface area contributed by atoms with E-state index < -0.39 is 5.82 Å². The van der Waals surface area contributed by atoms with Crippen molar-refractivity contribution in [1.29, 1.82) is 0 Å². The van der Waals surface area contributed by atoms with Crippen LogP contribution in [0, 0.1) is 5.82 Å². The number of aliphatic hydroxyl groups excluding tert-OH is 1. The van der Waals surface area contributed by atoms with Gasteiger partial charge in [-0.15, -0.1) is 0 Å². The maximum atomic E-state index is 13.1. The molecule has 2 rings (SSSR count). The quantitative estimate of drug-likeness (QED) is 0.865. The molecule has 1 fully saturated rings. The lowest BCUT2D eigenvalue weighted by Crippen LogP contribution is -2.31. The van der Waals surface area contributed by atoms with Gasteiger partial charge >= 0.3 is 0 Å². The second kappa shape index (κ2) is 6.48. The van der Waals surface area contributed by atoms with Crippen molar-refractivity contribution >= 4 is 11.6 Å². The van der Waals surface area contributed by atoms with Crippen LogP contribution in [-0.2, 0) is 4.74 Å². The largest absolute Gasteiger partial charge is 0.394 e. The second-order valence-corrected chi connectivity index (χ2v) is 4.86. The van der Waals surface area contributed by atoms with Gasteiger partial charge in [-0.05, 0) is 30.5 Å². The van der Waals surface area contributed by atoms with Crippen molar-refractivity contribution in [3.8, 4) is 0 Å². The SMILES string of the molecule is OCC(NCC1CCCO1)c1ccc(F)c(Cl)c1. The van der Waals surface area contributed by atoms with E-state index in [9.17, 15) is 9.50 Å². The number of nitrogens with one attached hydrogen (secondary N) is 1. The van der Waals surface area contributed by atoms with E-state index in [2.05, 4.69) is 5.32 Å². The van der Waals surface area contributed by atoms with Crippen molar-refractivity contribution in [2.45, 2.75) is 25.0 Å². The molecule has 1 aliphatic rings. The first-order valence-corrected chi connectivity index (χ1v) is 6.49. The Hall–Kier alpha value is -0.680. The molecular formula is C13H17ClFNO2. The van der Waals surface area contributed by atoms with Gasteiger partial charge in [0.15, 0.2) is 0 Å². The van der Waals surface area contributed by atoms with Gasteiger partial charge in [-0.2, -0.15) is 0 Å². The highest BCUT2D eigenvalue weighted by Crippen LogP contribution is 2.21. The molecule has 2 N–H and O–H groups in total. The molecule has 3 nitrogen and oxygen atoms in total. The fourth-order valence-corrected chi connectivity index (χ4v) is 2.28. The summed E-state index contributed by atoms with van der Waals surface area (Å²) in [6, 6.07) is 4.24. The van der Waals surface area contributed by atoms with Crippen molar-refractivity contribution in [1.82, 2.24) is 5.32 Å². The third-order valence-corrected chi connectivity index (χ3v) is 3.43. The molecule has 2 atom stereocenters. The minimum absolute atomic E-state index is 0.0608. The molecule has 0 aromatic heterocycles. The third kappa shape index (κ3) is 3.42. The van der Waals surface area contributed by atoms with Gasteiger partial charge in [0.1, 0.15) is 5.82 Å². The number of halogens is 2. The summed E-state index contributed by atoms with van der Waals surface area (Å²) in [5, 5.41) is 12.7. The summed E-state index contributed by atoms with van der Waals surface area (Å²) in [4.78, 5) is 0. The number of benzene rings is 1. The average Bonchev–Trinajstić information content (AvgIpc) is 2.87. The van der Waals surface area contributed by atoms with Gasteiger partial charge in [-0.1, -0.05) is 17.7 Å². The maximum absolute atomic E-state index is 13.1. The zero-order valence-corrected chi connectivity index (χ0v) is 10.8. The van der Waals surface area contributed by atoms with Gasteiger partial charge in [-0.3, -0.25) is 0 Å². The molecule has 0 spiro atoms. The Balaban J connectivity index is 1.96. The minimum Gasteiger partial charge on any atom is -0.394 e.